The molecule has 1 fully saturated rings. The van der Waals surface area contributed by atoms with Crippen molar-refractivity contribution in [3.8, 4) is 0 Å². The van der Waals surface area contributed by atoms with Gasteiger partial charge in [-0.1, -0.05) is 37.6 Å². The van der Waals surface area contributed by atoms with Crippen molar-refractivity contribution in [1.29, 1.82) is 0 Å². The number of rotatable bonds is 6. The molecule has 0 saturated heterocycles. The van der Waals surface area contributed by atoms with Crippen LogP contribution in [0.1, 0.15) is 49.7 Å². The van der Waals surface area contributed by atoms with E-state index in [4.69, 9.17) is 5.11 Å². The maximum atomic E-state index is 11.1. The Hall–Kier alpha value is -1.35. The molecule has 1 aliphatic carbocycles. The van der Waals surface area contributed by atoms with Crippen LogP contribution in [0.15, 0.2) is 24.3 Å². The number of carboxylic acids is 1. The average molecular weight is 261 g/mol. The molecule has 0 heterocycles. The number of hydrogen-bond acceptors (Lipinski definition) is 2. The summed E-state index contributed by atoms with van der Waals surface area (Å²) in [6.45, 7) is 4.17. The standard InChI is InChI=1S/C16H23NO2/c1-3-6-15(16(18)19)17-13-9-12(10-13)14-8-5-4-7-11(14)2/h4-5,7-8,12-13,15,17H,3,6,9-10H2,1-2H3,(H,18,19). The molecule has 0 amide bonds. The molecule has 2 rings (SSSR count). The van der Waals surface area contributed by atoms with E-state index in [-0.39, 0.29) is 6.04 Å². The third-order valence-corrected chi connectivity index (χ3v) is 4.08. The number of hydrogen-bond donors (Lipinski definition) is 2. The lowest BCUT2D eigenvalue weighted by Gasteiger charge is -2.38. The number of aryl methyl sites for hydroxylation is 1. The van der Waals surface area contributed by atoms with Crippen LogP contribution in [0.2, 0.25) is 0 Å². The van der Waals surface area contributed by atoms with Gasteiger partial charge in [0.05, 0.1) is 0 Å². The Balaban J connectivity index is 1.86. The fourth-order valence-electron chi connectivity index (χ4n) is 2.90. The van der Waals surface area contributed by atoms with E-state index in [1.54, 1.807) is 0 Å². The minimum Gasteiger partial charge on any atom is -0.480 e. The van der Waals surface area contributed by atoms with Crippen LogP contribution in [0.4, 0.5) is 0 Å². The van der Waals surface area contributed by atoms with Crippen LogP contribution in [0.3, 0.4) is 0 Å². The number of carbonyl (C=O) groups is 1. The first-order valence-corrected chi connectivity index (χ1v) is 7.16. The molecule has 2 N–H and O–H groups in total. The molecule has 104 valence electrons. The normalized spacial score (nSPS) is 23.7. The second-order valence-corrected chi connectivity index (χ2v) is 5.57. The molecule has 1 aromatic carbocycles. The van der Waals surface area contributed by atoms with E-state index in [1.807, 2.05) is 6.92 Å². The monoisotopic (exact) mass is 261 g/mol. The molecule has 3 nitrogen and oxygen atoms in total. The van der Waals surface area contributed by atoms with Gasteiger partial charge in [0.1, 0.15) is 6.04 Å². The minimum absolute atomic E-state index is 0.359. The summed E-state index contributed by atoms with van der Waals surface area (Å²) in [5, 5.41) is 12.4. The van der Waals surface area contributed by atoms with Gasteiger partial charge >= 0.3 is 5.97 Å². The summed E-state index contributed by atoms with van der Waals surface area (Å²) in [6.07, 6.45) is 3.72. The first kappa shape index (κ1) is 14.1. The summed E-state index contributed by atoms with van der Waals surface area (Å²) in [5.41, 5.74) is 2.76. The Kier molecular flexibility index (Phi) is 4.59. The Morgan fingerprint density at radius 2 is 2.11 bits per heavy atom. The van der Waals surface area contributed by atoms with Crippen LogP contribution >= 0.6 is 0 Å². The highest BCUT2D eigenvalue weighted by Crippen LogP contribution is 2.38. The van der Waals surface area contributed by atoms with Gasteiger partial charge in [-0.3, -0.25) is 4.79 Å². The van der Waals surface area contributed by atoms with E-state index in [0.717, 1.165) is 19.3 Å². The van der Waals surface area contributed by atoms with Crippen molar-refractivity contribution in [1.82, 2.24) is 5.32 Å². The van der Waals surface area contributed by atoms with Crippen LogP contribution in [0.5, 0.6) is 0 Å². The second kappa shape index (κ2) is 6.20. The van der Waals surface area contributed by atoms with Gasteiger partial charge in [-0.25, -0.2) is 0 Å². The van der Waals surface area contributed by atoms with Crippen molar-refractivity contribution >= 4 is 5.97 Å². The number of aliphatic carboxylic acids is 1. The van der Waals surface area contributed by atoms with E-state index in [1.165, 1.54) is 11.1 Å². The molecule has 0 aromatic heterocycles. The van der Waals surface area contributed by atoms with E-state index in [2.05, 4.69) is 36.5 Å². The lowest BCUT2D eigenvalue weighted by atomic mass is 9.74. The van der Waals surface area contributed by atoms with Gasteiger partial charge in [0, 0.05) is 6.04 Å². The van der Waals surface area contributed by atoms with Gasteiger partial charge in [-0.2, -0.15) is 0 Å². The first-order chi connectivity index (χ1) is 9.11. The predicted octanol–water partition coefficient (Wildman–Crippen LogP) is 3.08. The summed E-state index contributed by atoms with van der Waals surface area (Å²) in [6, 6.07) is 8.46. The number of carboxylic acid groups (broad SMARTS) is 1. The topological polar surface area (TPSA) is 49.3 Å². The van der Waals surface area contributed by atoms with Gasteiger partial charge in [0.15, 0.2) is 0 Å². The molecule has 3 heteroatoms. The molecular formula is C16H23NO2. The zero-order chi connectivity index (χ0) is 13.8. The molecule has 0 bridgehead atoms. The quantitative estimate of drug-likeness (QED) is 0.827. The van der Waals surface area contributed by atoms with Gasteiger partial charge < -0.3 is 10.4 Å². The maximum absolute atomic E-state index is 11.1. The van der Waals surface area contributed by atoms with Crippen LogP contribution < -0.4 is 5.32 Å². The fourth-order valence-corrected chi connectivity index (χ4v) is 2.90. The van der Waals surface area contributed by atoms with E-state index in [9.17, 15) is 4.79 Å². The number of nitrogens with one attached hydrogen (secondary N) is 1. The smallest absolute Gasteiger partial charge is 0.320 e. The van der Waals surface area contributed by atoms with Crippen molar-refractivity contribution in [2.45, 2.75) is 57.5 Å². The molecule has 1 saturated carbocycles. The van der Waals surface area contributed by atoms with E-state index in [0.29, 0.717) is 18.4 Å². The molecule has 0 aliphatic heterocycles. The van der Waals surface area contributed by atoms with Crippen molar-refractivity contribution in [2.24, 2.45) is 0 Å². The second-order valence-electron chi connectivity index (χ2n) is 5.57. The van der Waals surface area contributed by atoms with Crippen LogP contribution in [0, 0.1) is 6.92 Å². The highest BCUT2D eigenvalue weighted by Gasteiger charge is 2.33. The zero-order valence-electron chi connectivity index (χ0n) is 11.7. The summed E-state index contributed by atoms with van der Waals surface area (Å²) in [4.78, 5) is 11.1. The highest BCUT2D eigenvalue weighted by molar-refractivity contribution is 5.73. The molecular weight excluding hydrogens is 238 g/mol. The predicted molar refractivity (Wildman–Crippen MR) is 76.4 cm³/mol. The van der Waals surface area contributed by atoms with Crippen molar-refractivity contribution in [3.63, 3.8) is 0 Å². The number of benzene rings is 1. The van der Waals surface area contributed by atoms with Crippen LogP contribution in [-0.2, 0) is 4.79 Å². The average Bonchev–Trinajstić information content (AvgIpc) is 2.33. The van der Waals surface area contributed by atoms with Crippen LogP contribution in [-0.4, -0.2) is 23.2 Å². The molecule has 1 aromatic rings. The SMILES string of the molecule is CCCC(NC1CC(c2ccccc2C)C1)C(=O)O. The Labute approximate surface area is 115 Å². The maximum Gasteiger partial charge on any atom is 0.320 e. The van der Waals surface area contributed by atoms with Gasteiger partial charge in [-0.05, 0) is 43.2 Å². The first-order valence-electron chi connectivity index (χ1n) is 7.16. The summed E-state index contributed by atoms with van der Waals surface area (Å²) < 4.78 is 0. The Bertz CT molecular complexity index is 438. The van der Waals surface area contributed by atoms with Gasteiger partial charge in [0.2, 0.25) is 0 Å². The lowest BCUT2D eigenvalue weighted by molar-refractivity contribution is -0.140. The third kappa shape index (κ3) is 3.35. The molecule has 1 atom stereocenters. The van der Waals surface area contributed by atoms with Gasteiger partial charge in [-0.15, -0.1) is 0 Å². The molecule has 19 heavy (non-hydrogen) atoms. The van der Waals surface area contributed by atoms with Gasteiger partial charge in [0.25, 0.3) is 0 Å². The minimum atomic E-state index is -0.721. The molecule has 0 radical (unpaired) electrons. The lowest BCUT2D eigenvalue weighted by Crippen LogP contribution is -2.48. The fraction of sp³-hybridized carbons (Fsp3) is 0.562. The van der Waals surface area contributed by atoms with E-state index >= 15 is 0 Å². The highest BCUT2D eigenvalue weighted by atomic mass is 16.4. The summed E-state index contributed by atoms with van der Waals surface area (Å²) in [7, 11) is 0. The largest absolute Gasteiger partial charge is 0.480 e. The van der Waals surface area contributed by atoms with Crippen LogP contribution in [0.25, 0.3) is 0 Å². The summed E-state index contributed by atoms with van der Waals surface area (Å²) >= 11 is 0. The Morgan fingerprint density at radius 1 is 1.42 bits per heavy atom. The molecule has 1 aliphatic rings. The Morgan fingerprint density at radius 3 is 2.68 bits per heavy atom. The zero-order valence-corrected chi connectivity index (χ0v) is 11.7. The van der Waals surface area contributed by atoms with E-state index < -0.39 is 5.97 Å². The summed E-state index contributed by atoms with van der Waals surface area (Å²) in [5.74, 6) is -0.129. The van der Waals surface area contributed by atoms with Crippen molar-refractivity contribution in [3.05, 3.63) is 35.4 Å². The molecule has 1 unspecified atom stereocenters. The molecule has 0 spiro atoms. The third-order valence-electron chi connectivity index (χ3n) is 4.08. The van der Waals surface area contributed by atoms with Crippen molar-refractivity contribution in [2.75, 3.05) is 0 Å². The van der Waals surface area contributed by atoms with Crippen molar-refractivity contribution < 1.29 is 9.90 Å².